The van der Waals surface area contributed by atoms with E-state index in [0.29, 0.717) is 41.2 Å². The van der Waals surface area contributed by atoms with Crippen molar-refractivity contribution < 1.29 is 17.9 Å². The van der Waals surface area contributed by atoms with Crippen molar-refractivity contribution in [2.45, 2.75) is 70.4 Å². The van der Waals surface area contributed by atoms with Crippen LogP contribution in [0.4, 0.5) is 16.4 Å². The Labute approximate surface area is 217 Å². The number of anilines is 2. The lowest BCUT2D eigenvalue weighted by Gasteiger charge is -2.29. The van der Waals surface area contributed by atoms with E-state index in [1.165, 1.54) is 6.07 Å². The fraction of sp³-hybridized carbons (Fsp3) is 0.520. The van der Waals surface area contributed by atoms with Gasteiger partial charge in [0.05, 0.1) is 16.5 Å². The summed E-state index contributed by atoms with van der Waals surface area (Å²) in [5.74, 6) is 1.24. The Balaban J connectivity index is 1.37. The molecule has 0 atom stereocenters. The molecule has 0 aliphatic heterocycles. The van der Waals surface area contributed by atoms with Crippen LogP contribution in [0.1, 0.15) is 52.0 Å². The number of ether oxygens (including phenoxy) is 1. The van der Waals surface area contributed by atoms with Crippen molar-refractivity contribution in [1.29, 1.82) is 0 Å². The fourth-order valence-corrected chi connectivity index (χ4v) is 5.39. The van der Waals surface area contributed by atoms with Crippen LogP contribution in [0.2, 0.25) is 0 Å². The summed E-state index contributed by atoms with van der Waals surface area (Å²) < 4.78 is 30.9. The van der Waals surface area contributed by atoms with Crippen molar-refractivity contribution in [3.63, 3.8) is 0 Å². The van der Waals surface area contributed by atoms with Gasteiger partial charge < -0.3 is 15.4 Å². The Morgan fingerprint density at radius 2 is 1.86 bits per heavy atom. The van der Waals surface area contributed by atoms with Gasteiger partial charge in [-0.05, 0) is 82.9 Å². The molecule has 4 N–H and O–H groups in total. The van der Waals surface area contributed by atoms with Gasteiger partial charge in [0.25, 0.3) is 0 Å². The van der Waals surface area contributed by atoms with Gasteiger partial charge in [-0.15, -0.1) is 0 Å². The van der Waals surface area contributed by atoms with Crippen LogP contribution in [0.15, 0.2) is 35.5 Å². The minimum atomic E-state index is -3.84. The molecule has 12 heteroatoms. The van der Waals surface area contributed by atoms with Gasteiger partial charge in [0.1, 0.15) is 5.60 Å². The zero-order valence-electron chi connectivity index (χ0n) is 21.7. The molecule has 1 aliphatic carbocycles. The zero-order valence-corrected chi connectivity index (χ0v) is 22.5. The summed E-state index contributed by atoms with van der Waals surface area (Å²) in [6.45, 7) is 8.62. The normalized spacial score (nSPS) is 18.5. The maximum absolute atomic E-state index is 11.9. The molecular formula is C25H35N7O4S. The predicted molar refractivity (Wildman–Crippen MR) is 141 cm³/mol. The highest BCUT2D eigenvalue weighted by molar-refractivity contribution is 7.89. The number of carbonyl (C=O) groups excluding carboxylic acids is 1. The first-order valence-electron chi connectivity index (χ1n) is 12.4. The number of primary sulfonamides is 1. The van der Waals surface area contributed by atoms with Gasteiger partial charge >= 0.3 is 6.09 Å². The first kappa shape index (κ1) is 26.8. The number of benzene rings is 1. The van der Waals surface area contributed by atoms with Crippen LogP contribution in [0.5, 0.6) is 0 Å². The third-order valence-corrected chi connectivity index (χ3v) is 7.51. The summed E-state index contributed by atoms with van der Waals surface area (Å²) in [7, 11) is -3.84. The molecule has 4 rings (SSSR count). The van der Waals surface area contributed by atoms with Crippen molar-refractivity contribution in [3.05, 3.63) is 36.2 Å². The molecule has 0 spiro atoms. The van der Waals surface area contributed by atoms with E-state index in [0.717, 1.165) is 37.6 Å². The number of alkyl carbamates (subject to hydrolysis) is 1. The largest absolute Gasteiger partial charge is 0.444 e. The molecular weight excluding hydrogens is 494 g/mol. The van der Waals surface area contributed by atoms with E-state index in [1.807, 2.05) is 25.5 Å². The number of fused-ring (bicyclic) bond motifs is 1. The smallest absolute Gasteiger partial charge is 0.407 e. The number of sulfonamides is 1. The molecule has 3 aromatic rings. The molecule has 2 aromatic heterocycles. The molecule has 0 saturated heterocycles. The summed E-state index contributed by atoms with van der Waals surface area (Å²) >= 11 is 0. The molecule has 1 aliphatic rings. The quantitative estimate of drug-likeness (QED) is 0.417. The third-order valence-electron chi connectivity index (χ3n) is 6.46. The topological polar surface area (TPSA) is 154 Å². The van der Waals surface area contributed by atoms with Crippen molar-refractivity contribution >= 4 is 38.8 Å². The minimum Gasteiger partial charge on any atom is -0.444 e. The van der Waals surface area contributed by atoms with Crippen molar-refractivity contribution in [1.82, 2.24) is 25.1 Å². The average Bonchev–Trinajstić information content (AvgIpc) is 3.20. The van der Waals surface area contributed by atoms with Crippen LogP contribution < -0.4 is 15.8 Å². The fourth-order valence-electron chi connectivity index (χ4n) is 4.58. The lowest BCUT2D eigenvalue weighted by Crippen LogP contribution is -2.36. The molecule has 2 heterocycles. The number of aryl methyl sites for hydroxylation is 1. The van der Waals surface area contributed by atoms with E-state index in [-0.39, 0.29) is 11.0 Å². The maximum atomic E-state index is 11.9. The number of rotatable bonds is 7. The molecule has 11 nitrogen and oxygen atoms in total. The minimum absolute atomic E-state index is 0.0560. The summed E-state index contributed by atoms with van der Waals surface area (Å²) in [5, 5.41) is 16.6. The molecule has 1 amide bonds. The van der Waals surface area contributed by atoms with Crippen LogP contribution in [0, 0.1) is 18.8 Å². The number of nitrogens with two attached hydrogens (primary N) is 1. The predicted octanol–water partition coefficient (Wildman–Crippen LogP) is 3.86. The van der Waals surface area contributed by atoms with Gasteiger partial charge in [-0.3, -0.25) is 0 Å². The van der Waals surface area contributed by atoms with E-state index < -0.39 is 15.6 Å². The summed E-state index contributed by atoms with van der Waals surface area (Å²) in [5.41, 5.74) is 1.31. The summed E-state index contributed by atoms with van der Waals surface area (Å²) in [4.78, 5) is 21.0. The monoisotopic (exact) mass is 529 g/mol. The number of carbonyl (C=O) groups is 1. The van der Waals surface area contributed by atoms with E-state index >= 15 is 0 Å². The molecule has 0 bridgehead atoms. The number of aromatic nitrogens is 4. The lowest BCUT2D eigenvalue weighted by molar-refractivity contribution is 0.0513. The average molecular weight is 530 g/mol. The standard InChI is InChI=1S/C25H35N7O4S/c1-16-5-10-20(11-21(16)37(26,34)35)30-23-27-13-19-14-29-32(22(19)31-23)15-18-8-6-17(7-9-18)12-28-24(33)36-25(2,3)4/h5,10-11,13-14,17-18H,6-9,12,15H2,1-4H3,(H,28,33)(H2,26,34,35)(H,27,30,31). The van der Waals surface area contributed by atoms with Crippen molar-refractivity contribution in [3.8, 4) is 0 Å². The molecule has 1 aromatic carbocycles. The van der Waals surface area contributed by atoms with Gasteiger partial charge in [0.15, 0.2) is 5.65 Å². The highest BCUT2D eigenvalue weighted by Gasteiger charge is 2.24. The molecule has 1 saturated carbocycles. The second-order valence-corrected chi connectivity index (χ2v) is 12.2. The maximum Gasteiger partial charge on any atom is 0.407 e. The first-order chi connectivity index (χ1) is 17.4. The van der Waals surface area contributed by atoms with E-state index in [1.54, 1.807) is 31.5 Å². The molecule has 0 unspecified atom stereocenters. The van der Waals surface area contributed by atoms with E-state index in [2.05, 4.69) is 25.7 Å². The van der Waals surface area contributed by atoms with Gasteiger partial charge in [-0.25, -0.2) is 28.0 Å². The Morgan fingerprint density at radius 3 is 2.54 bits per heavy atom. The molecule has 37 heavy (non-hydrogen) atoms. The van der Waals surface area contributed by atoms with Gasteiger partial charge in [-0.1, -0.05) is 6.07 Å². The SMILES string of the molecule is Cc1ccc(Nc2ncc3cnn(CC4CCC(CNC(=O)OC(C)(C)C)CC4)c3n2)cc1S(N)(=O)=O. The van der Waals surface area contributed by atoms with Crippen LogP contribution in [-0.4, -0.2) is 46.4 Å². The van der Waals surface area contributed by atoms with Crippen LogP contribution in [0.25, 0.3) is 11.0 Å². The number of nitrogens with one attached hydrogen (secondary N) is 2. The number of hydrogen-bond donors (Lipinski definition) is 3. The van der Waals surface area contributed by atoms with Gasteiger partial charge in [-0.2, -0.15) is 10.1 Å². The Bertz CT molecular complexity index is 1370. The summed E-state index contributed by atoms with van der Waals surface area (Å²) in [6.07, 6.45) is 7.22. The number of nitrogens with zero attached hydrogens (tertiary/aromatic N) is 4. The molecule has 0 radical (unpaired) electrons. The van der Waals surface area contributed by atoms with Crippen LogP contribution in [-0.2, 0) is 21.3 Å². The van der Waals surface area contributed by atoms with Crippen molar-refractivity contribution in [2.24, 2.45) is 17.0 Å². The van der Waals surface area contributed by atoms with Gasteiger partial charge in [0, 0.05) is 25.0 Å². The highest BCUT2D eigenvalue weighted by atomic mass is 32.2. The molecule has 1 fully saturated rings. The lowest BCUT2D eigenvalue weighted by atomic mass is 9.82. The number of amides is 1. The van der Waals surface area contributed by atoms with Crippen LogP contribution in [0.3, 0.4) is 0 Å². The van der Waals surface area contributed by atoms with Gasteiger partial charge in [0.2, 0.25) is 16.0 Å². The Kier molecular flexibility index (Phi) is 7.69. The van der Waals surface area contributed by atoms with Crippen LogP contribution >= 0.6 is 0 Å². The number of hydrogen-bond acceptors (Lipinski definition) is 8. The zero-order chi connectivity index (χ0) is 26.8. The Morgan fingerprint density at radius 1 is 1.16 bits per heavy atom. The second-order valence-electron chi connectivity index (χ2n) is 10.7. The van der Waals surface area contributed by atoms with Crippen molar-refractivity contribution in [2.75, 3.05) is 11.9 Å². The third kappa shape index (κ3) is 7.16. The Hall–Kier alpha value is -3.25. The first-order valence-corrected chi connectivity index (χ1v) is 14.0. The second kappa shape index (κ2) is 10.6. The highest BCUT2D eigenvalue weighted by Crippen LogP contribution is 2.30. The molecule has 200 valence electrons. The summed E-state index contributed by atoms with van der Waals surface area (Å²) in [6, 6.07) is 4.92. The van der Waals surface area contributed by atoms with E-state index in [4.69, 9.17) is 9.88 Å². The van der Waals surface area contributed by atoms with E-state index in [9.17, 15) is 13.2 Å².